The fraction of sp³-hybridized carbons (Fsp3) is 0.296. The molecule has 32 heavy (non-hydrogen) atoms. The summed E-state index contributed by atoms with van der Waals surface area (Å²) in [6.07, 6.45) is 4.51. The molecular formula is C27H28ClNO3. The van der Waals surface area contributed by atoms with Crippen LogP contribution in [0.3, 0.4) is 0 Å². The zero-order valence-electron chi connectivity index (χ0n) is 18.3. The van der Waals surface area contributed by atoms with Gasteiger partial charge in [0.2, 0.25) is 0 Å². The molecule has 0 spiro atoms. The quantitative estimate of drug-likeness (QED) is 0.338. The van der Waals surface area contributed by atoms with Gasteiger partial charge in [-0.15, -0.1) is 0 Å². The summed E-state index contributed by atoms with van der Waals surface area (Å²) in [4.78, 5) is 13.2. The van der Waals surface area contributed by atoms with Gasteiger partial charge in [0.1, 0.15) is 23.7 Å². The number of carbonyl (C=O) groups is 1. The molecule has 1 saturated heterocycles. The molecule has 0 aromatic heterocycles. The Morgan fingerprint density at radius 1 is 1.03 bits per heavy atom. The van der Waals surface area contributed by atoms with Gasteiger partial charge in [0.25, 0.3) is 0 Å². The van der Waals surface area contributed by atoms with Crippen molar-refractivity contribution in [3.05, 3.63) is 94.0 Å². The van der Waals surface area contributed by atoms with Crippen LogP contribution in [0.25, 0.3) is 0 Å². The minimum absolute atomic E-state index is 0.141. The fourth-order valence-corrected chi connectivity index (χ4v) is 4.37. The molecule has 1 unspecified atom stereocenters. The van der Waals surface area contributed by atoms with E-state index in [4.69, 9.17) is 21.1 Å². The number of halogens is 1. The molecule has 4 nitrogen and oxygen atoms in total. The van der Waals surface area contributed by atoms with Gasteiger partial charge in [0.15, 0.2) is 0 Å². The maximum absolute atomic E-state index is 13.2. The second kappa shape index (κ2) is 10.7. The molecule has 0 radical (unpaired) electrons. The van der Waals surface area contributed by atoms with Gasteiger partial charge >= 0.3 is 5.97 Å². The molecule has 3 aromatic rings. The Balaban J connectivity index is 1.70. The number of benzene rings is 3. The van der Waals surface area contributed by atoms with Gasteiger partial charge in [0.05, 0.1) is 0 Å². The van der Waals surface area contributed by atoms with E-state index in [-0.39, 0.29) is 6.04 Å². The molecule has 1 aliphatic heterocycles. The molecule has 4 rings (SSSR count). The summed E-state index contributed by atoms with van der Waals surface area (Å²) in [6.45, 7) is 3.17. The molecular weight excluding hydrogens is 422 g/mol. The normalized spacial score (nSPS) is 16.2. The first-order valence-corrected chi connectivity index (χ1v) is 11.5. The first kappa shape index (κ1) is 22.4. The summed E-state index contributed by atoms with van der Waals surface area (Å²) >= 11 is 6.82. The van der Waals surface area contributed by atoms with E-state index in [1.807, 2.05) is 61.5 Å². The highest BCUT2D eigenvalue weighted by atomic mass is 35.5. The number of esters is 1. The molecule has 5 heteroatoms. The number of para-hydroxylation sites is 1. The van der Waals surface area contributed by atoms with E-state index in [0.717, 1.165) is 36.9 Å². The summed E-state index contributed by atoms with van der Waals surface area (Å²) in [5.41, 5.74) is 3.05. The van der Waals surface area contributed by atoms with Gasteiger partial charge in [-0.05, 0) is 61.2 Å². The van der Waals surface area contributed by atoms with E-state index < -0.39 is 5.97 Å². The summed E-state index contributed by atoms with van der Waals surface area (Å²) in [5, 5.41) is 4.19. The lowest BCUT2D eigenvalue weighted by molar-refractivity contribution is 0.0729. The Morgan fingerprint density at radius 2 is 1.75 bits per heavy atom. The molecule has 1 aliphatic rings. The Bertz CT molecular complexity index is 1050. The van der Waals surface area contributed by atoms with E-state index in [1.165, 1.54) is 6.42 Å². The maximum atomic E-state index is 13.2. The van der Waals surface area contributed by atoms with Crippen LogP contribution in [0.2, 0.25) is 5.02 Å². The van der Waals surface area contributed by atoms with Crippen molar-refractivity contribution in [2.24, 2.45) is 0 Å². The fourth-order valence-electron chi connectivity index (χ4n) is 4.08. The van der Waals surface area contributed by atoms with Crippen LogP contribution in [0.15, 0.2) is 66.7 Å². The van der Waals surface area contributed by atoms with Crippen LogP contribution in [0.1, 0.15) is 58.8 Å². The van der Waals surface area contributed by atoms with E-state index in [2.05, 4.69) is 5.32 Å². The van der Waals surface area contributed by atoms with Crippen LogP contribution in [0.4, 0.5) is 0 Å². The molecule has 0 aliphatic carbocycles. The zero-order valence-corrected chi connectivity index (χ0v) is 19.0. The van der Waals surface area contributed by atoms with Crippen molar-refractivity contribution in [2.75, 3.05) is 6.54 Å². The van der Waals surface area contributed by atoms with Gasteiger partial charge in [-0.2, -0.15) is 0 Å². The molecule has 166 valence electrons. The molecule has 0 saturated carbocycles. The van der Waals surface area contributed by atoms with Gasteiger partial charge in [-0.1, -0.05) is 73.0 Å². The minimum atomic E-state index is -0.473. The van der Waals surface area contributed by atoms with E-state index in [9.17, 15) is 4.79 Å². The van der Waals surface area contributed by atoms with Crippen LogP contribution < -0.4 is 14.8 Å². The average Bonchev–Trinajstić information content (AvgIpc) is 3.10. The van der Waals surface area contributed by atoms with E-state index >= 15 is 0 Å². The zero-order chi connectivity index (χ0) is 22.3. The highest BCUT2D eigenvalue weighted by Crippen LogP contribution is 2.38. The number of hydrogen-bond donors (Lipinski definition) is 1. The lowest BCUT2D eigenvalue weighted by atomic mass is 9.96. The monoisotopic (exact) mass is 449 g/mol. The lowest BCUT2D eigenvalue weighted by Gasteiger charge is -2.22. The van der Waals surface area contributed by atoms with E-state index in [0.29, 0.717) is 34.3 Å². The van der Waals surface area contributed by atoms with Crippen LogP contribution in [-0.4, -0.2) is 12.5 Å². The van der Waals surface area contributed by atoms with Gasteiger partial charge in [0, 0.05) is 11.1 Å². The van der Waals surface area contributed by atoms with Gasteiger partial charge in [-0.3, -0.25) is 0 Å². The van der Waals surface area contributed by atoms with Gasteiger partial charge in [-0.25, -0.2) is 4.79 Å². The van der Waals surface area contributed by atoms with Crippen molar-refractivity contribution in [1.82, 2.24) is 5.32 Å². The average molecular weight is 450 g/mol. The van der Waals surface area contributed by atoms with Gasteiger partial charge < -0.3 is 14.8 Å². The number of ether oxygens (including phenoxy) is 2. The van der Waals surface area contributed by atoms with Crippen molar-refractivity contribution in [3.63, 3.8) is 0 Å². The third-order valence-corrected chi connectivity index (χ3v) is 6.32. The predicted molar refractivity (Wildman–Crippen MR) is 128 cm³/mol. The molecule has 0 bridgehead atoms. The first-order valence-electron chi connectivity index (χ1n) is 11.1. The molecule has 0 amide bonds. The summed E-state index contributed by atoms with van der Waals surface area (Å²) in [7, 11) is 0. The summed E-state index contributed by atoms with van der Waals surface area (Å²) < 4.78 is 11.8. The standard InChI is InChI=1S/C27H28ClNO3/c1-19-25(27(30)32-21-13-7-3-8-14-21)24(31-18-20-11-5-2-6-12-20)17-22(26(19)28)23-15-9-4-10-16-29-23/h2-3,5-8,11-14,17,23,29H,4,9-10,15-16,18H2,1H3. The summed E-state index contributed by atoms with van der Waals surface area (Å²) in [6, 6.07) is 21.0. The third-order valence-electron chi connectivity index (χ3n) is 5.82. The van der Waals surface area contributed by atoms with Crippen LogP contribution in [-0.2, 0) is 6.61 Å². The van der Waals surface area contributed by atoms with Crippen molar-refractivity contribution in [1.29, 1.82) is 0 Å². The number of rotatable bonds is 6. The highest BCUT2D eigenvalue weighted by molar-refractivity contribution is 6.32. The molecule has 1 fully saturated rings. The SMILES string of the molecule is Cc1c(Cl)c(C2CCCCCN2)cc(OCc2ccccc2)c1C(=O)Oc1ccccc1. The van der Waals surface area contributed by atoms with Crippen molar-refractivity contribution < 1.29 is 14.3 Å². The van der Waals surface area contributed by atoms with Crippen molar-refractivity contribution in [3.8, 4) is 11.5 Å². The Labute approximate surface area is 194 Å². The third kappa shape index (κ3) is 5.32. The van der Waals surface area contributed by atoms with Crippen molar-refractivity contribution >= 4 is 17.6 Å². The van der Waals surface area contributed by atoms with E-state index in [1.54, 1.807) is 12.1 Å². The smallest absolute Gasteiger partial charge is 0.347 e. The largest absolute Gasteiger partial charge is 0.488 e. The molecule has 1 heterocycles. The summed E-state index contributed by atoms with van der Waals surface area (Å²) in [5.74, 6) is 0.508. The second-order valence-corrected chi connectivity index (χ2v) is 8.49. The first-order chi connectivity index (χ1) is 15.6. The number of nitrogens with one attached hydrogen (secondary N) is 1. The van der Waals surface area contributed by atoms with Crippen LogP contribution >= 0.6 is 11.6 Å². The van der Waals surface area contributed by atoms with Crippen LogP contribution in [0.5, 0.6) is 11.5 Å². The molecule has 1 atom stereocenters. The topological polar surface area (TPSA) is 47.6 Å². The maximum Gasteiger partial charge on any atom is 0.347 e. The highest BCUT2D eigenvalue weighted by Gasteiger charge is 2.26. The molecule has 1 N–H and O–H groups in total. The second-order valence-electron chi connectivity index (χ2n) is 8.11. The molecule has 3 aromatic carbocycles. The number of carbonyl (C=O) groups excluding carboxylic acids is 1. The Morgan fingerprint density at radius 3 is 2.50 bits per heavy atom. The Kier molecular flexibility index (Phi) is 7.46. The minimum Gasteiger partial charge on any atom is -0.488 e. The Hall–Kier alpha value is -2.82. The van der Waals surface area contributed by atoms with Crippen molar-refractivity contribution in [2.45, 2.75) is 45.3 Å². The number of hydrogen-bond acceptors (Lipinski definition) is 4. The van der Waals surface area contributed by atoms with Crippen LogP contribution in [0, 0.1) is 6.92 Å². The lowest BCUT2D eigenvalue weighted by Crippen LogP contribution is -2.22. The predicted octanol–water partition coefficient (Wildman–Crippen LogP) is 6.65.